The van der Waals surface area contributed by atoms with Gasteiger partial charge in [-0.2, -0.15) is 5.26 Å². The summed E-state index contributed by atoms with van der Waals surface area (Å²) in [6.07, 6.45) is -1.08. The number of carbonyl (C=O) groups excluding carboxylic acids is 2. The number of hydrogen-bond acceptors (Lipinski definition) is 5. The van der Waals surface area contributed by atoms with Gasteiger partial charge < -0.3 is 15.2 Å². The molecule has 0 saturated carbocycles. The molecule has 0 unspecified atom stereocenters. The summed E-state index contributed by atoms with van der Waals surface area (Å²) >= 11 is 3.19. The molecule has 0 aliphatic rings. The number of phenols is 1. The van der Waals surface area contributed by atoms with E-state index in [2.05, 4.69) is 21.2 Å². The maximum Gasteiger partial charge on any atom is 0.342 e. The lowest BCUT2D eigenvalue weighted by Crippen LogP contribution is -2.30. The Labute approximate surface area is 146 Å². The van der Waals surface area contributed by atoms with E-state index >= 15 is 0 Å². The van der Waals surface area contributed by atoms with Crippen molar-refractivity contribution in [3.8, 4) is 11.8 Å². The number of benzene rings is 2. The first-order valence-corrected chi connectivity index (χ1v) is 7.70. The summed E-state index contributed by atoms with van der Waals surface area (Å²) < 4.78 is 5.66. The van der Waals surface area contributed by atoms with Crippen LogP contribution in [0, 0.1) is 11.3 Å². The molecule has 0 bridgehead atoms. The molecule has 0 saturated heterocycles. The molecule has 24 heavy (non-hydrogen) atoms. The van der Waals surface area contributed by atoms with Gasteiger partial charge in [-0.25, -0.2) is 4.79 Å². The third-order valence-corrected chi connectivity index (χ3v) is 3.58. The zero-order valence-corrected chi connectivity index (χ0v) is 14.2. The van der Waals surface area contributed by atoms with Crippen molar-refractivity contribution in [2.24, 2.45) is 0 Å². The van der Waals surface area contributed by atoms with Crippen molar-refractivity contribution in [3.05, 3.63) is 58.1 Å². The average molecular weight is 389 g/mol. The van der Waals surface area contributed by atoms with Gasteiger partial charge in [0.05, 0.1) is 11.6 Å². The van der Waals surface area contributed by atoms with Crippen molar-refractivity contribution in [1.29, 1.82) is 5.26 Å². The largest absolute Gasteiger partial charge is 0.507 e. The molecule has 2 aromatic rings. The van der Waals surface area contributed by atoms with Crippen molar-refractivity contribution >= 4 is 33.5 Å². The predicted octanol–water partition coefficient (Wildman–Crippen LogP) is 3.21. The molecule has 1 atom stereocenters. The number of amides is 1. The van der Waals surface area contributed by atoms with E-state index in [0.29, 0.717) is 15.7 Å². The minimum absolute atomic E-state index is 0.0458. The van der Waals surface area contributed by atoms with Crippen LogP contribution in [0.15, 0.2) is 46.9 Å². The molecule has 7 heteroatoms. The smallest absolute Gasteiger partial charge is 0.342 e. The van der Waals surface area contributed by atoms with Crippen molar-refractivity contribution in [3.63, 3.8) is 0 Å². The minimum Gasteiger partial charge on any atom is -0.507 e. The second-order valence-corrected chi connectivity index (χ2v) is 5.81. The molecule has 0 fully saturated rings. The van der Waals surface area contributed by atoms with Crippen LogP contribution in [0.1, 0.15) is 22.8 Å². The Bertz CT molecular complexity index is 830. The number of nitrogens with one attached hydrogen (secondary N) is 1. The first kappa shape index (κ1) is 17.5. The fourth-order valence-electron chi connectivity index (χ4n) is 1.86. The number of esters is 1. The van der Waals surface area contributed by atoms with E-state index in [1.165, 1.54) is 25.1 Å². The molecular formula is C17H13BrN2O4. The van der Waals surface area contributed by atoms with Gasteiger partial charge in [-0.1, -0.05) is 22.0 Å². The molecule has 0 aliphatic heterocycles. The summed E-state index contributed by atoms with van der Waals surface area (Å²) in [7, 11) is 0. The van der Waals surface area contributed by atoms with Gasteiger partial charge in [0.1, 0.15) is 11.3 Å². The number of ether oxygens (including phenoxy) is 1. The number of hydrogen-bond donors (Lipinski definition) is 2. The lowest BCUT2D eigenvalue weighted by molar-refractivity contribution is -0.123. The van der Waals surface area contributed by atoms with E-state index in [1.54, 1.807) is 24.3 Å². The topological polar surface area (TPSA) is 99.4 Å². The summed E-state index contributed by atoms with van der Waals surface area (Å²) in [5, 5.41) is 21.1. The summed E-state index contributed by atoms with van der Waals surface area (Å²) in [5.74, 6) is -1.60. The third-order valence-electron chi connectivity index (χ3n) is 3.09. The van der Waals surface area contributed by atoms with Crippen molar-refractivity contribution in [2.45, 2.75) is 13.0 Å². The van der Waals surface area contributed by atoms with Crippen LogP contribution in [0.25, 0.3) is 0 Å². The molecule has 0 heterocycles. The van der Waals surface area contributed by atoms with Gasteiger partial charge in [0.25, 0.3) is 5.91 Å². The maximum atomic E-state index is 12.1. The third kappa shape index (κ3) is 4.33. The number of nitriles is 1. The van der Waals surface area contributed by atoms with Crippen LogP contribution < -0.4 is 5.32 Å². The molecule has 0 radical (unpaired) electrons. The Balaban J connectivity index is 2.04. The highest BCUT2D eigenvalue weighted by Crippen LogP contribution is 2.23. The van der Waals surface area contributed by atoms with E-state index in [-0.39, 0.29) is 11.3 Å². The SMILES string of the molecule is C[C@@H](OC(=O)c1cc(Br)ccc1O)C(=O)Nc1cccc(C#N)c1. The van der Waals surface area contributed by atoms with Crippen LogP contribution >= 0.6 is 15.9 Å². The van der Waals surface area contributed by atoms with E-state index in [0.717, 1.165) is 0 Å². The number of aromatic hydroxyl groups is 1. The number of halogens is 1. The molecular weight excluding hydrogens is 376 g/mol. The average Bonchev–Trinajstić information content (AvgIpc) is 2.57. The molecule has 2 N–H and O–H groups in total. The highest BCUT2D eigenvalue weighted by atomic mass is 79.9. The standard InChI is InChI=1S/C17H13BrN2O4/c1-10(16(22)20-13-4-2-3-11(7-13)9-19)24-17(23)14-8-12(18)5-6-15(14)21/h2-8,10,21H,1H3,(H,20,22)/t10-/m1/s1. The van der Waals surface area contributed by atoms with Crippen molar-refractivity contribution in [2.75, 3.05) is 5.32 Å². The number of anilines is 1. The second-order valence-electron chi connectivity index (χ2n) is 4.89. The predicted molar refractivity (Wildman–Crippen MR) is 90.5 cm³/mol. The number of rotatable bonds is 4. The lowest BCUT2D eigenvalue weighted by atomic mass is 10.2. The van der Waals surface area contributed by atoms with E-state index in [9.17, 15) is 14.7 Å². The Morgan fingerprint density at radius 1 is 1.29 bits per heavy atom. The Hall–Kier alpha value is -2.85. The number of carbonyl (C=O) groups is 2. The van der Waals surface area contributed by atoms with Gasteiger partial charge in [-0.3, -0.25) is 4.79 Å². The quantitative estimate of drug-likeness (QED) is 0.783. The van der Waals surface area contributed by atoms with Gasteiger partial charge in [0.15, 0.2) is 6.10 Å². The van der Waals surface area contributed by atoms with Gasteiger partial charge in [-0.05, 0) is 43.3 Å². The normalized spacial score (nSPS) is 11.2. The molecule has 0 aliphatic carbocycles. The fourth-order valence-corrected chi connectivity index (χ4v) is 2.22. The summed E-state index contributed by atoms with van der Waals surface area (Å²) in [5.41, 5.74) is 0.777. The summed E-state index contributed by atoms with van der Waals surface area (Å²) in [6, 6.07) is 12.6. The van der Waals surface area contributed by atoms with E-state index in [4.69, 9.17) is 10.00 Å². The van der Waals surface area contributed by atoms with Gasteiger partial charge >= 0.3 is 5.97 Å². The zero-order valence-electron chi connectivity index (χ0n) is 12.6. The van der Waals surface area contributed by atoms with Gasteiger partial charge in [-0.15, -0.1) is 0 Å². The summed E-state index contributed by atoms with van der Waals surface area (Å²) in [4.78, 5) is 24.1. The molecule has 2 aromatic carbocycles. The Morgan fingerprint density at radius 3 is 2.75 bits per heavy atom. The van der Waals surface area contributed by atoms with Crippen LogP contribution in [-0.4, -0.2) is 23.1 Å². The monoisotopic (exact) mass is 388 g/mol. The van der Waals surface area contributed by atoms with Crippen LogP contribution in [0.3, 0.4) is 0 Å². The maximum absolute atomic E-state index is 12.1. The molecule has 6 nitrogen and oxygen atoms in total. The fraction of sp³-hybridized carbons (Fsp3) is 0.118. The van der Waals surface area contributed by atoms with Gasteiger partial charge in [0, 0.05) is 10.2 Å². The minimum atomic E-state index is -1.08. The van der Waals surface area contributed by atoms with Crippen LogP contribution in [0.5, 0.6) is 5.75 Å². The number of nitrogens with zero attached hydrogens (tertiary/aromatic N) is 1. The van der Waals surface area contributed by atoms with Crippen molar-refractivity contribution < 1.29 is 19.4 Å². The lowest BCUT2D eigenvalue weighted by Gasteiger charge is -2.14. The van der Waals surface area contributed by atoms with E-state index in [1.807, 2.05) is 6.07 Å². The van der Waals surface area contributed by atoms with Crippen molar-refractivity contribution in [1.82, 2.24) is 0 Å². The first-order chi connectivity index (χ1) is 11.4. The highest BCUT2D eigenvalue weighted by Gasteiger charge is 2.21. The number of phenolic OH excluding ortho intramolecular Hbond substituents is 1. The Kier molecular flexibility index (Phi) is 5.55. The van der Waals surface area contributed by atoms with Gasteiger partial charge in [0.2, 0.25) is 0 Å². The molecule has 0 aromatic heterocycles. The molecule has 122 valence electrons. The van der Waals surface area contributed by atoms with Crippen LogP contribution in [0.4, 0.5) is 5.69 Å². The molecule has 0 spiro atoms. The van der Waals surface area contributed by atoms with E-state index < -0.39 is 18.0 Å². The summed E-state index contributed by atoms with van der Waals surface area (Å²) in [6.45, 7) is 1.41. The molecule has 1 amide bonds. The second kappa shape index (κ2) is 7.62. The first-order valence-electron chi connectivity index (χ1n) is 6.91. The molecule has 2 rings (SSSR count). The zero-order chi connectivity index (χ0) is 17.7. The Morgan fingerprint density at radius 2 is 2.04 bits per heavy atom. The van der Waals surface area contributed by atoms with Crippen LogP contribution in [-0.2, 0) is 9.53 Å². The van der Waals surface area contributed by atoms with Crippen LogP contribution in [0.2, 0.25) is 0 Å². The highest BCUT2D eigenvalue weighted by molar-refractivity contribution is 9.10.